The molecule has 9 nitrogen and oxygen atoms in total. The van der Waals surface area contributed by atoms with Gasteiger partial charge in [-0.1, -0.05) is 29.8 Å². The smallest absolute Gasteiger partial charge is 0.248 e. The summed E-state index contributed by atoms with van der Waals surface area (Å²) in [6, 6.07) is 17.6. The van der Waals surface area contributed by atoms with Crippen LogP contribution in [0.15, 0.2) is 84.1 Å². The molecule has 2 amide bonds. The van der Waals surface area contributed by atoms with Crippen molar-refractivity contribution in [1.82, 2.24) is 19.7 Å². The molecule has 0 fully saturated rings. The molecule has 0 bridgehead atoms. The molecule has 1 aliphatic heterocycles. The number of pyridine rings is 1. The van der Waals surface area contributed by atoms with Crippen LogP contribution in [0.2, 0.25) is 5.02 Å². The van der Waals surface area contributed by atoms with Gasteiger partial charge < -0.3 is 10.6 Å². The van der Waals surface area contributed by atoms with Crippen LogP contribution in [-0.2, 0) is 9.59 Å². The van der Waals surface area contributed by atoms with Gasteiger partial charge in [-0.25, -0.2) is 0 Å². The monoisotopic (exact) mass is 621 g/mol. The molecule has 4 heterocycles. The standard InChI is InChI=1S/C33H28ClN7O2S/c1-19-20(2)44-33-30(19)31(23-7-9-24(34)10-8-23)38-27(32-40-39-21(3)41(32)33)17-29(43)37-26-13-11-25(12-14-26)36-28(42)15-6-22-5-4-16-35-18-22/h4-16,18,27H,17H2,1-3H3,(H,36,42)(H,37,43)/b15-6+/t27-/m0/s1. The Labute approximate surface area is 263 Å². The first-order valence-corrected chi connectivity index (χ1v) is 15.1. The largest absolute Gasteiger partial charge is 0.326 e. The Hall–Kier alpha value is -4.93. The Morgan fingerprint density at radius 1 is 0.977 bits per heavy atom. The number of amides is 2. The summed E-state index contributed by atoms with van der Waals surface area (Å²) in [5, 5.41) is 16.2. The summed E-state index contributed by atoms with van der Waals surface area (Å²) in [5.74, 6) is 0.845. The van der Waals surface area contributed by atoms with Gasteiger partial charge in [0.2, 0.25) is 11.8 Å². The molecule has 0 radical (unpaired) electrons. The zero-order chi connectivity index (χ0) is 30.8. The van der Waals surface area contributed by atoms with Crippen molar-refractivity contribution >= 4 is 57.9 Å². The number of hydrogen-bond donors (Lipinski definition) is 2. The predicted molar refractivity (Wildman–Crippen MR) is 175 cm³/mol. The molecule has 0 saturated carbocycles. The van der Waals surface area contributed by atoms with Crippen LogP contribution in [0.25, 0.3) is 11.1 Å². The lowest BCUT2D eigenvalue weighted by atomic mass is 9.99. The normalized spacial score (nSPS) is 14.0. The number of nitrogens with zero attached hydrogens (tertiary/aromatic N) is 5. The number of carbonyl (C=O) groups is 2. The third-order valence-electron chi connectivity index (χ3n) is 7.28. The Morgan fingerprint density at radius 3 is 2.41 bits per heavy atom. The number of carbonyl (C=O) groups excluding carboxylic acids is 2. The minimum Gasteiger partial charge on any atom is -0.326 e. The van der Waals surface area contributed by atoms with Crippen molar-refractivity contribution in [2.75, 3.05) is 10.6 Å². The lowest BCUT2D eigenvalue weighted by Gasteiger charge is -2.13. The van der Waals surface area contributed by atoms with Gasteiger partial charge in [-0.15, -0.1) is 21.5 Å². The fourth-order valence-corrected chi connectivity index (χ4v) is 6.33. The van der Waals surface area contributed by atoms with Gasteiger partial charge in [0.25, 0.3) is 0 Å². The molecule has 3 aromatic heterocycles. The van der Waals surface area contributed by atoms with Crippen LogP contribution in [0.1, 0.15) is 51.2 Å². The molecule has 44 heavy (non-hydrogen) atoms. The van der Waals surface area contributed by atoms with E-state index in [0.717, 1.165) is 38.8 Å². The molecular formula is C33H28ClN7O2S. The van der Waals surface area contributed by atoms with Gasteiger partial charge >= 0.3 is 0 Å². The summed E-state index contributed by atoms with van der Waals surface area (Å²) in [6.07, 6.45) is 6.54. The quantitative estimate of drug-likeness (QED) is 0.192. The maximum atomic E-state index is 13.4. The van der Waals surface area contributed by atoms with E-state index in [-0.39, 0.29) is 18.2 Å². The van der Waals surface area contributed by atoms with E-state index in [2.05, 4.69) is 39.7 Å². The number of hydrogen-bond acceptors (Lipinski definition) is 7. The molecule has 11 heteroatoms. The molecule has 0 aliphatic carbocycles. The predicted octanol–water partition coefficient (Wildman–Crippen LogP) is 6.88. The fraction of sp³-hybridized carbons (Fsp3) is 0.152. The number of anilines is 2. The second kappa shape index (κ2) is 12.4. The van der Waals surface area contributed by atoms with Crippen LogP contribution >= 0.6 is 22.9 Å². The Kier molecular flexibility index (Phi) is 8.19. The first kappa shape index (κ1) is 29.2. The summed E-state index contributed by atoms with van der Waals surface area (Å²) < 4.78 is 2.02. The number of thiophene rings is 1. The molecule has 1 aliphatic rings. The Balaban J connectivity index is 1.22. The molecular weight excluding hydrogens is 594 g/mol. The van der Waals surface area contributed by atoms with E-state index in [1.807, 2.05) is 41.8 Å². The number of aliphatic imine (C=N–C) groups is 1. The van der Waals surface area contributed by atoms with Crippen molar-refractivity contribution in [1.29, 1.82) is 0 Å². The lowest BCUT2D eigenvalue weighted by molar-refractivity contribution is -0.116. The molecule has 220 valence electrons. The van der Waals surface area contributed by atoms with Crippen LogP contribution in [0.5, 0.6) is 0 Å². The molecule has 2 aromatic carbocycles. The van der Waals surface area contributed by atoms with Crippen LogP contribution in [0, 0.1) is 20.8 Å². The zero-order valence-electron chi connectivity index (χ0n) is 24.2. The highest BCUT2D eigenvalue weighted by Crippen LogP contribution is 2.39. The van der Waals surface area contributed by atoms with Crippen molar-refractivity contribution in [3.63, 3.8) is 0 Å². The highest BCUT2D eigenvalue weighted by Gasteiger charge is 2.32. The van der Waals surface area contributed by atoms with Gasteiger partial charge in [-0.2, -0.15) is 0 Å². The van der Waals surface area contributed by atoms with E-state index in [9.17, 15) is 9.59 Å². The minimum atomic E-state index is -0.577. The van der Waals surface area contributed by atoms with Gasteiger partial charge in [-0.05, 0) is 80.4 Å². The van der Waals surface area contributed by atoms with E-state index in [0.29, 0.717) is 22.2 Å². The van der Waals surface area contributed by atoms with Crippen LogP contribution in [0.3, 0.4) is 0 Å². The van der Waals surface area contributed by atoms with E-state index in [1.165, 1.54) is 11.0 Å². The van der Waals surface area contributed by atoms with E-state index < -0.39 is 6.04 Å². The maximum Gasteiger partial charge on any atom is 0.248 e. The summed E-state index contributed by atoms with van der Waals surface area (Å²) in [6.45, 7) is 6.09. The van der Waals surface area contributed by atoms with Crippen molar-refractivity contribution in [3.05, 3.63) is 123 Å². The highest BCUT2D eigenvalue weighted by atomic mass is 35.5. The molecule has 5 aromatic rings. The molecule has 0 unspecified atom stereocenters. The van der Waals surface area contributed by atoms with Crippen LogP contribution < -0.4 is 10.6 Å². The van der Waals surface area contributed by atoms with Crippen molar-refractivity contribution in [2.45, 2.75) is 33.2 Å². The van der Waals surface area contributed by atoms with E-state index in [4.69, 9.17) is 16.6 Å². The second-order valence-electron chi connectivity index (χ2n) is 10.3. The first-order valence-electron chi connectivity index (χ1n) is 13.9. The molecule has 2 N–H and O–H groups in total. The summed E-state index contributed by atoms with van der Waals surface area (Å²) in [7, 11) is 0. The molecule has 0 saturated heterocycles. The number of fused-ring (bicyclic) bond motifs is 3. The molecule has 0 spiro atoms. The van der Waals surface area contributed by atoms with Gasteiger partial charge in [0.1, 0.15) is 16.9 Å². The Morgan fingerprint density at radius 2 is 1.70 bits per heavy atom. The van der Waals surface area contributed by atoms with Crippen LogP contribution in [0.4, 0.5) is 11.4 Å². The van der Waals surface area contributed by atoms with Crippen LogP contribution in [-0.4, -0.2) is 37.3 Å². The molecule has 6 rings (SSSR count). The summed E-state index contributed by atoms with van der Waals surface area (Å²) in [5.41, 5.74) is 5.86. The third kappa shape index (κ3) is 6.08. The SMILES string of the molecule is Cc1sc2c(c1C)C(c1ccc(Cl)cc1)=N[C@@H](CC(=O)Nc1ccc(NC(=O)/C=C/c3cccnc3)cc1)c1nnc(C)n1-2. The van der Waals surface area contributed by atoms with Crippen molar-refractivity contribution in [3.8, 4) is 5.00 Å². The highest BCUT2D eigenvalue weighted by molar-refractivity contribution is 7.15. The minimum absolute atomic E-state index is 0.0554. The number of halogens is 1. The summed E-state index contributed by atoms with van der Waals surface area (Å²) in [4.78, 5) is 36.1. The average Bonchev–Trinajstić information content (AvgIpc) is 3.50. The van der Waals surface area contributed by atoms with Crippen molar-refractivity contribution < 1.29 is 9.59 Å². The Bertz CT molecular complexity index is 1910. The van der Waals surface area contributed by atoms with E-state index in [1.54, 1.807) is 60.1 Å². The number of rotatable bonds is 7. The molecule has 1 atom stereocenters. The number of nitrogens with one attached hydrogen (secondary N) is 2. The van der Waals surface area contributed by atoms with Gasteiger partial charge in [0, 0.05) is 50.9 Å². The first-order chi connectivity index (χ1) is 21.3. The number of benzene rings is 2. The van der Waals surface area contributed by atoms with E-state index >= 15 is 0 Å². The number of aryl methyl sites for hydroxylation is 2. The third-order valence-corrected chi connectivity index (χ3v) is 8.73. The second-order valence-corrected chi connectivity index (χ2v) is 12.0. The fourth-order valence-electron chi connectivity index (χ4n) is 4.99. The zero-order valence-corrected chi connectivity index (χ0v) is 25.8. The number of aromatic nitrogens is 4. The lowest BCUT2D eigenvalue weighted by Crippen LogP contribution is -2.17. The van der Waals surface area contributed by atoms with Crippen molar-refractivity contribution in [2.24, 2.45) is 4.99 Å². The summed E-state index contributed by atoms with van der Waals surface area (Å²) >= 11 is 7.86. The average molecular weight is 622 g/mol. The maximum absolute atomic E-state index is 13.4. The van der Waals surface area contributed by atoms with Gasteiger partial charge in [0.05, 0.1) is 12.1 Å². The van der Waals surface area contributed by atoms with Gasteiger partial charge in [-0.3, -0.25) is 24.1 Å². The topological polar surface area (TPSA) is 114 Å². The van der Waals surface area contributed by atoms with Gasteiger partial charge in [0.15, 0.2) is 5.82 Å².